The van der Waals surface area contributed by atoms with E-state index >= 15 is 0 Å². The van der Waals surface area contributed by atoms with Crippen LogP contribution in [0.1, 0.15) is 23.9 Å². The third kappa shape index (κ3) is 4.91. The number of hydrogen-bond acceptors (Lipinski definition) is 6. The van der Waals surface area contributed by atoms with Crippen LogP contribution in [0.5, 0.6) is 11.5 Å². The Bertz CT molecular complexity index is 1030. The third-order valence-corrected chi connectivity index (χ3v) is 5.21. The zero-order valence-corrected chi connectivity index (χ0v) is 18.4. The first kappa shape index (κ1) is 21.6. The van der Waals surface area contributed by atoms with Gasteiger partial charge in [-0.2, -0.15) is 4.98 Å². The maximum Gasteiger partial charge on any atom is 0.263 e. The van der Waals surface area contributed by atoms with Crippen LogP contribution in [-0.4, -0.2) is 41.2 Å². The van der Waals surface area contributed by atoms with Crippen LogP contribution < -0.4 is 9.47 Å². The van der Waals surface area contributed by atoms with Crippen molar-refractivity contribution >= 4 is 17.5 Å². The first-order valence-electron chi connectivity index (χ1n) is 9.44. The molecule has 7 nitrogen and oxygen atoms in total. The lowest BCUT2D eigenvalue weighted by molar-refractivity contribution is -0.137. The number of benzene rings is 2. The molecule has 1 heterocycles. The molecule has 2 aromatic carbocycles. The van der Waals surface area contributed by atoms with Gasteiger partial charge in [0.15, 0.2) is 6.10 Å². The molecule has 0 aliphatic carbocycles. The summed E-state index contributed by atoms with van der Waals surface area (Å²) in [6.07, 6.45) is -0.684. The summed E-state index contributed by atoms with van der Waals surface area (Å²) in [4.78, 5) is 18.6. The Morgan fingerprint density at radius 3 is 2.57 bits per heavy atom. The Morgan fingerprint density at radius 2 is 1.90 bits per heavy atom. The van der Waals surface area contributed by atoms with Crippen molar-refractivity contribution in [1.82, 2.24) is 15.0 Å². The maximum absolute atomic E-state index is 12.7. The van der Waals surface area contributed by atoms with Crippen LogP contribution in [0.4, 0.5) is 0 Å². The van der Waals surface area contributed by atoms with Crippen molar-refractivity contribution in [3.8, 4) is 22.9 Å². The number of nitrogens with zero attached hydrogens (tertiary/aromatic N) is 3. The van der Waals surface area contributed by atoms with Gasteiger partial charge in [-0.05, 0) is 56.2 Å². The van der Waals surface area contributed by atoms with Crippen LogP contribution in [0.3, 0.4) is 0 Å². The molecule has 1 unspecified atom stereocenters. The summed E-state index contributed by atoms with van der Waals surface area (Å²) >= 11 is 6.19. The minimum Gasteiger partial charge on any atom is -0.497 e. The number of hydrogen-bond donors (Lipinski definition) is 0. The number of likely N-dealkylation sites (N-methyl/N-ethyl adjacent to an activating group) is 1. The number of carbonyl (C=O) groups excluding carboxylic acids is 1. The Balaban J connectivity index is 1.64. The molecule has 1 atom stereocenters. The van der Waals surface area contributed by atoms with Gasteiger partial charge < -0.3 is 18.9 Å². The van der Waals surface area contributed by atoms with Crippen molar-refractivity contribution in [3.63, 3.8) is 0 Å². The first-order valence-corrected chi connectivity index (χ1v) is 9.81. The molecule has 3 rings (SSSR count). The first-order chi connectivity index (χ1) is 14.3. The van der Waals surface area contributed by atoms with Crippen LogP contribution in [0.2, 0.25) is 5.02 Å². The molecular weight excluding hydrogens is 406 g/mol. The summed E-state index contributed by atoms with van der Waals surface area (Å²) in [5.74, 6) is 1.85. The van der Waals surface area contributed by atoms with E-state index < -0.39 is 6.10 Å². The predicted molar refractivity (Wildman–Crippen MR) is 114 cm³/mol. The predicted octanol–water partition coefficient (Wildman–Crippen LogP) is 4.44. The lowest BCUT2D eigenvalue weighted by Gasteiger charge is -2.21. The van der Waals surface area contributed by atoms with Gasteiger partial charge in [-0.1, -0.05) is 28.9 Å². The van der Waals surface area contributed by atoms with E-state index in [1.54, 1.807) is 21.1 Å². The van der Waals surface area contributed by atoms with Crippen LogP contribution in [0, 0.1) is 13.8 Å². The van der Waals surface area contributed by atoms with Crippen LogP contribution in [0.25, 0.3) is 11.4 Å². The van der Waals surface area contributed by atoms with Gasteiger partial charge in [0.1, 0.15) is 11.5 Å². The molecule has 0 saturated carbocycles. The highest BCUT2D eigenvalue weighted by atomic mass is 35.5. The average Bonchev–Trinajstić information content (AvgIpc) is 3.19. The number of methoxy groups -OCH3 is 1. The van der Waals surface area contributed by atoms with Gasteiger partial charge in [-0.15, -0.1) is 0 Å². The molecule has 1 aromatic heterocycles. The summed E-state index contributed by atoms with van der Waals surface area (Å²) in [5, 5.41) is 4.69. The third-order valence-electron chi connectivity index (χ3n) is 4.62. The highest BCUT2D eigenvalue weighted by Crippen LogP contribution is 2.27. The van der Waals surface area contributed by atoms with E-state index in [9.17, 15) is 4.79 Å². The molecule has 0 saturated heterocycles. The van der Waals surface area contributed by atoms with Gasteiger partial charge in [0.25, 0.3) is 5.91 Å². The quantitative estimate of drug-likeness (QED) is 0.552. The summed E-state index contributed by atoms with van der Waals surface area (Å²) in [6, 6.07) is 11.0. The molecule has 0 fully saturated rings. The Kier molecular flexibility index (Phi) is 6.62. The van der Waals surface area contributed by atoms with Crippen molar-refractivity contribution in [2.24, 2.45) is 0 Å². The van der Waals surface area contributed by atoms with Crippen molar-refractivity contribution < 1.29 is 18.8 Å². The molecule has 0 aliphatic rings. The lowest BCUT2D eigenvalue weighted by Crippen LogP contribution is -2.37. The number of aryl methyl sites for hydroxylation is 2. The Morgan fingerprint density at radius 1 is 1.20 bits per heavy atom. The molecular formula is C22H24ClN3O4. The second kappa shape index (κ2) is 9.17. The zero-order valence-electron chi connectivity index (χ0n) is 17.6. The van der Waals surface area contributed by atoms with Crippen LogP contribution in [0.15, 0.2) is 40.9 Å². The smallest absolute Gasteiger partial charge is 0.263 e. The molecule has 0 spiro atoms. The van der Waals surface area contributed by atoms with Crippen molar-refractivity contribution in [1.29, 1.82) is 0 Å². The largest absolute Gasteiger partial charge is 0.497 e. The van der Waals surface area contributed by atoms with E-state index in [1.165, 1.54) is 4.90 Å². The monoisotopic (exact) mass is 429 g/mol. The van der Waals surface area contributed by atoms with Crippen molar-refractivity contribution in [3.05, 3.63) is 58.4 Å². The fraction of sp³-hybridized carbons (Fsp3) is 0.318. The Hall–Kier alpha value is -3.06. The molecule has 0 aliphatic heterocycles. The number of aromatic nitrogens is 2. The lowest BCUT2D eigenvalue weighted by atomic mass is 10.1. The summed E-state index contributed by atoms with van der Waals surface area (Å²) in [6.45, 7) is 5.67. The second-order valence-electron chi connectivity index (χ2n) is 7.07. The van der Waals surface area contributed by atoms with Crippen LogP contribution >= 0.6 is 11.6 Å². The van der Waals surface area contributed by atoms with Crippen molar-refractivity contribution in [2.45, 2.75) is 33.4 Å². The van der Waals surface area contributed by atoms with Gasteiger partial charge in [0.2, 0.25) is 11.7 Å². The number of rotatable bonds is 7. The summed E-state index contributed by atoms with van der Waals surface area (Å²) < 4.78 is 16.3. The number of ether oxygens (including phenoxy) is 2. The highest BCUT2D eigenvalue weighted by molar-refractivity contribution is 6.32. The molecule has 3 aromatic rings. The highest BCUT2D eigenvalue weighted by Gasteiger charge is 2.22. The topological polar surface area (TPSA) is 77.7 Å². The average molecular weight is 430 g/mol. The summed E-state index contributed by atoms with van der Waals surface area (Å²) in [5.41, 5.74) is 2.56. The zero-order chi connectivity index (χ0) is 21.8. The minimum atomic E-state index is -0.684. The van der Waals surface area contributed by atoms with Crippen LogP contribution in [-0.2, 0) is 11.3 Å². The number of halogens is 1. The molecule has 0 bridgehead atoms. The molecule has 30 heavy (non-hydrogen) atoms. The van der Waals surface area contributed by atoms with E-state index in [-0.39, 0.29) is 12.5 Å². The van der Waals surface area contributed by atoms with E-state index in [2.05, 4.69) is 10.1 Å². The van der Waals surface area contributed by atoms with Gasteiger partial charge in [0, 0.05) is 17.6 Å². The van der Waals surface area contributed by atoms with Gasteiger partial charge >= 0.3 is 0 Å². The maximum atomic E-state index is 12.7. The van der Waals surface area contributed by atoms with Gasteiger partial charge in [0.05, 0.1) is 13.7 Å². The number of carbonyl (C=O) groups is 1. The second-order valence-corrected chi connectivity index (χ2v) is 7.45. The van der Waals surface area contributed by atoms with E-state index in [4.69, 9.17) is 25.6 Å². The molecule has 0 radical (unpaired) electrons. The fourth-order valence-corrected chi connectivity index (χ4v) is 3.13. The Labute approximate surface area is 180 Å². The summed E-state index contributed by atoms with van der Waals surface area (Å²) in [7, 11) is 3.26. The molecule has 0 N–H and O–H groups in total. The van der Waals surface area contributed by atoms with Gasteiger partial charge in [-0.3, -0.25) is 4.79 Å². The normalized spacial score (nSPS) is 11.8. The van der Waals surface area contributed by atoms with Crippen molar-refractivity contribution in [2.75, 3.05) is 14.2 Å². The molecule has 158 valence electrons. The molecule has 1 amide bonds. The minimum absolute atomic E-state index is 0.169. The fourth-order valence-electron chi connectivity index (χ4n) is 3.02. The number of amides is 1. The van der Waals surface area contributed by atoms with Gasteiger partial charge in [-0.25, -0.2) is 0 Å². The standard InChI is InChI=1S/C22H24ClN3O4/c1-13-9-18(10-14(2)20(13)23)29-15(3)22(27)26(4)12-19-24-21(25-30-19)16-7-6-8-17(11-16)28-5/h6-11,15H,12H2,1-5H3. The SMILES string of the molecule is COc1cccc(-c2noc(CN(C)C(=O)C(C)Oc3cc(C)c(Cl)c(C)c3)n2)c1. The molecule has 8 heteroatoms. The van der Waals surface area contributed by atoms with E-state index in [0.717, 1.165) is 16.7 Å². The van der Waals surface area contributed by atoms with E-state index in [0.29, 0.717) is 28.2 Å². The van der Waals surface area contributed by atoms with E-state index in [1.807, 2.05) is 50.2 Å².